The minimum Gasteiger partial charge on any atom is -0.256 e. The van der Waals surface area contributed by atoms with Gasteiger partial charge in [-0.25, -0.2) is 4.98 Å². The molecule has 2 aromatic carbocycles. The van der Waals surface area contributed by atoms with Gasteiger partial charge in [0.15, 0.2) is 0 Å². The third kappa shape index (κ3) is 2.54. The molecule has 4 rings (SSSR count). The first-order valence-electron chi connectivity index (χ1n) is 6.88. The van der Waals surface area contributed by atoms with Gasteiger partial charge in [0.2, 0.25) is 5.13 Å². The maximum absolute atomic E-state index is 4.47. The van der Waals surface area contributed by atoms with Gasteiger partial charge in [-0.2, -0.15) is 5.10 Å². The number of anilines is 1. The van der Waals surface area contributed by atoms with Crippen molar-refractivity contribution in [2.75, 3.05) is 5.43 Å². The zero-order valence-corrected chi connectivity index (χ0v) is 12.4. The van der Waals surface area contributed by atoms with E-state index in [1.807, 2.05) is 48.7 Å². The Balaban J connectivity index is 1.55. The molecule has 0 spiro atoms. The SMILES string of the molecule is C(=N\Nc1nc2ccccc2s1)/c1cnc2ccccc2c1. The summed E-state index contributed by atoms with van der Waals surface area (Å²) in [6, 6.07) is 18.1. The van der Waals surface area contributed by atoms with E-state index in [1.54, 1.807) is 17.6 Å². The molecular formula is C17H12N4S. The maximum Gasteiger partial charge on any atom is 0.204 e. The first-order valence-corrected chi connectivity index (χ1v) is 7.69. The molecule has 0 amide bonds. The third-order valence-corrected chi connectivity index (χ3v) is 4.22. The van der Waals surface area contributed by atoms with E-state index in [2.05, 4.69) is 32.6 Å². The fourth-order valence-corrected chi connectivity index (χ4v) is 3.06. The molecule has 0 bridgehead atoms. The van der Waals surface area contributed by atoms with Gasteiger partial charge < -0.3 is 0 Å². The Bertz CT molecular complexity index is 941. The van der Waals surface area contributed by atoms with Crippen molar-refractivity contribution in [2.24, 2.45) is 5.10 Å². The first-order chi connectivity index (χ1) is 10.9. The van der Waals surface area contributed by atoms with E-state index >= 15 is 0 Å². The number of hydrazone groups is 1. The lowest BCUT2D eigenvalue weighted by Crippen LogP contribution is -1.91. The summed E-state index contributed by atoms with van der Waals surface area (Å²) in [5.41, 5.74) is 5.90. The molecule has 4 aromatic rings. The molecule has 106 valence electrons. The smallest absolute Gasteiger partial charge is 0.204 e. The van der Waals surface area contributed by atoms with E-state index in [4.69, 9.17) is 0 Å². The van der Waals surface area contributed by atoms with E-state index < -0.39 is 0 Å². The summed E-state index contributed by atoms with van der Waals surface area (Å²) < 4.78 is 1.15. The molecule has 2 heterocycles. The van der Waals surface area contributed by atoms with Crippen LogP contribution in [0, 0.1) is 0 Å². The predicted molar refractivity (Wildman–Crippen MR) is 92.6 cm³/mol. The highest BCUT2D eigenvalue weighted by Crippen LogP contribution is 2.25. The number of para-hydroxylation sites is 2. The summed E-state index contributed by atoms with van der Waals surface area (Å²) in [5.74, 6) is 0. The monoisotopic (exact) mass is 304 g/mol. The van der Waals surface area contributed by atoms with Crippen LogP contribution in [-0.4, -0.2) is 16.2 Å². The summed E-state index contributed by atoms with van der Waals surface area (Å²) in [6.07, 6.45) is 3.57. The van der Waals surface area contributed by atoms with Crippen LogP contribution in [0.2, 0.25) is 0 Å². The Morgan fingerprint density at radius 3 is 2.73 bits per heavy atom. The lowest BCUT2D eigenvalue weighted by atomic mass is 10.2. The maximum atomic E-state index is 4.47. The molecule has 0 saturated carbocycles. The van der Waals surface area contributed by atoms with Crippen LogP contribution in [0.1, 0.15) is 5.56 Å². The van der Waals surface area contributed by atoms with E-state index in [-0.39, 0.29) is 0 Å². The molecule has 0 aliphatic heterocycles. The number of nitrogens with zero attached hydrogens (tertiary/aromatic N) is 3. The van der Waals surface area contributed by atoms with E-state index in [9.17, 15) is 0 Å². The average Bonchev–Trinajstić information content (AvgIpc) is 2.97. The number of fused-ring (bicyclic) bond motifs is 2. The Labute approximate surface area is 131 Å². The number of benzene rings is 2. The van der Waals surface area contributed by atoms with Gasteiger partial charge in [-0.05, 0) is 24.3 Å². The molecule has 1 N–H and O–H groups in total. The third-order valence-electron chi connectivity index (χ3n) is 3.28. The van der Waals surface area contributed by atoms with Crippen molar-refractivity contribution in [3.63, 3.8) is 0 Å². The molecule has 0 saturated heterocycles. The number of aromatic nitrogens is 2. The molecule has 0 unspecified atom stereocenters. The second-order valence-electron chi connectivity index (χ2n) is 4.82. The molecule has 0 radical (unpaired) electrons. The second kappa shape index (κ2) is 5.54. The molecule has 0 atom stereocenters. The summed E-state index contributed by atoms with van der Waals surface area (Å²) >= 11 is 1.58. The van der Waals surface area contributed by atoms with E-state index in [0.29, 0.717) is 0 Å². The van der Waals surface area contributed by atoms with Crippen molar-refractivity contribution in [3.05, 3.63) is 66.4 Å². The lowest BCUT2D eigenvalue weighted by molar-refractivity contribution is 1.31. The van der Waals surface area contributed by atoms with Crippen LogP contribution in [0.3, 0.4) is 0 Å². The minimum absolute atomic E-state index is 0.784. The second-order valence-corrected chi connectivity index (χ2v) is 5.85. The van der Waals surface area contributed by atoms with Crippen LogP contribution in [0.15, 0.2) is 65.9 Å². The minimum atomic E-state index is 0.784. The van der Waals surface area contributed by atoms with Crippen molar-refractivity contribution in [1.29, 1.82) is 0 Å². The van der Waals surface area contributed by atoms with Gasteiger partial charge in [0.1, 0.15) is 0 Å². The van der Waals surface area contributed by atoms with Gasteiger partial charge in [0.05, 0.1) is 21.9 Å². The highest BCUT2D eigenvalue weighted by atomic mass is 32.1. The van der Waals surface area contributed by atoms with Crippen LogP contribution in [-0.2, 0) is 0 Å². The number of nitrogens with one attached hydrogen (secondary N) is 1. The number of thiazole rings is 1. The number of pyridine rings is 1. The van der Waals surface area contributed by atoms with Crippen molar-refractivity contribution in [3.8, 4) is 0 Å². The fraction of sp³-hybridized carbons (Fsp3) is 0. The van der Waals surface area contributed by atoms with E-state index in [0.717, 1.165) is 31.8 Å². The van der Waals surface area contributed by atoms with Gasteiger partial charge in [-0.3, -0.25) is 10.4 Å². The van der Waals surface area contributed by atoms with Crippen LogP contribution in [0.25, 0.3) is 21.1 Å². The number of hydrogen-bond donors (Lipinski definition) is 1. The highest BCUT2D eigenvalue weighted by molar-refractivity contribution is 7.22. The summed E-state index contributed by atoms with van der Waals surface area (Å²) in [6.45, 7) is 0. The molecular weight excluding hydrogens is 292 g/mol. The number of rotatable bonds is 3. The zero-order valence-electron chi connectivity index (χ0n) is 11.6. The Hall–Kier alpha value is -2.79. The van der Waals surface area contributed by atoms with E-state index in [1.165, 1.54) is 0 Å². The Morgan fingerprint density at radius 2 is 1.82 bits per heavy atom. The molecule has 4 nitrogen and oxygen atoms in total. The Morgan fingerprint density at radius 1 is 1.00 bits per heavy atom. The summed E-state index contributed by atoms with van der Waals surface area (Å²) in [7, 11) is 0. The topological polar surface area (TPSA) is 50.2 Å². The summed E-state index contributed by atoms with van der Waals surface area (Å²) in [4.78, 5) is 8.88. The molecule has 0 aliphatic carbocycles. The average molecular weight is 304 g/mol. The van der Waals surface area contributed by atoms with Crippen molar-refractivity contribution in [1.82, 2.24) is 9.97 Å². The van der Waals surface area contributed by atoms with Crippen LogP contribution < -0.4 is 5.43 Å². The van der Waals surface area contributed by atoms with Crippen LogP contribution in [0.4, 0.5) is 5.13 Å². The van der Waals surface area contributed by atoms with Crippen molar-refractivity contribution < 1.29 is 0 Å². The highest BCUT2D eigenvalue weighted by Gasteiger charge is 2.01. The largest absolute Gasteiger partial charge is 0.256 e. The van der Waals surface area contributed by atoms with Gasteiger partial charge in [-0.1, -0.05) is 41.7 Å². The molecule has 2 aromatic heterocycles. The fourth-order valence-electron chi connectivity index (χ4n) is 2.24. The standard InChI is InChI=1S/C17H12N4S/c1-2-6-14-13(5-1)9-12(10-18-14)11-19-21-17-20-15-7-3-4-8-16(15)22-17/h1-11H,(H,20,21)/b19-11+. The van der Waals surface area contributed by atoms with Gasteiger partial charge in [0, 0.05) is 17.1 Å². The Kier molecular flexibility index (Phi) is 3.25. The zero-order chi connectivity index (χ0) is 14.8. The van der Waals surface area contributed by atoms with Crippen LogP contribution >= 0.6 is 11.3 Å². The predicted octanol–water partition coefficient (Wildman–Crippen LogP) is 4.29. The molecule has 22 heavy (non-hydrogen) atoms. The molecule has 0 aliphatic rings. The molecule has 5 heteroatoms. The molecule has 0 fully saturated rings. The van der Waals surface area contributed by atoms with Gasteiger partial charge in [0.25, 0.3) is 0 Å². The van der Waals surface area contributed by atoms with Crippen molar-refractivity contribution >= 4 is 43.8 Å². The first kappa shape index (κ1) is 12.9. The van der Waals surface area contributed by atoms with Gasteiger partial charge >= 0.3 is 0 Å². The summed E-state index contributed by atoms with van der Waals surface area (Å²) in [5, 5.41) is 6.13. The number of hydrogen-bond acceptors (Lipinski definition) is 5. The van der Waals surface area contributed by atoms with Crippen LogP contribution in [0.5, 0.6) is 0 Å². The normalized spacial score (nSPS) is 11.5. The lowest BCUT2D eigenvalue weighted by Gasteiger charge is -1.98. The quantitative estimate of drug-likeness (QED) is 0.454. The van der Waals surface area contributed by atoms with Gasteiger partial charge in [-0.15, -0.1) is 0 Å². The van der Waals surface area contributed by atoms with Crippen molar-refractivity contribution in [2.45, 2.75) is 0 Å².